The van der Waals surface area contributed by atoms with Crippen molar-refractivity contribution in [1.82, 2.24) is 0 Å². The lowest BCUT2D eigenvalue weighted by atomic mass is 10.0. The zero-order valence-corrected chi connectivity index (χ0v) is 66.3. The molecule has 3 N–H and O–H groups in total. The van der Waals surface area contributed by atoms with Crippen LogP contribution in [0, 0.1) is 0 Å². The fourth-order valence-electron chi connectivity index (χ4n) is 12.5. The summed E-state index contributed by atoms with van der Waals surface area (Å²) in [5.74, 6) is -2.11. The minimum Gasteiger partial charge on any atom is -0.462 e. The lowest BCUT2D eigenvalue weighted by Gasteiger charge is -2.21. The summed E-state index contributed by atoms with van der Waals surface area (Å²) >= 11 is 0. The largest absolute Gasteiger partial charge is 0.472 e. The van der Waals surface area contributed by atoms with E-state index < -0.39 is 97.5 Å². The second-order valence-electron chi connectivity index (χ2n) is 28.8. The van der Waals surface area contributed by atoms with Gasteiger partial charge in [-0.2, -0.15) is 0 Å². The van der Waals surface area contributed by atoms with Crippen molar-refractivity contribution in [2.75, 3.05) is 39.6 Å². The number of hydrogen-bond acceptors (Lipinski definition) is 15. The number of phosphoric acid groups is 2. The van der Waals surface area contributed by atoms with Gasteiger partial charge in [-0.15, -0.1) is 0 Å². The van der Waals surface area contributed by atoms with E-state index in [1.54, 1.807) is 0 Å². The summed E-state index contributed by atoms with van der Waals surface area (Å²) in [7, 11) is -9.91. The Labute approximate surface area is 607 Å². The highest BCUT2D eigenvalue weighted by Crippen LogP contribution is 2.45. The summed E-state index contributed by atoms with van der Waals surface area (Å²) in [5.41, 5.74) is 0. The number of hydrogen-bond donors (Lipinski definition) is 3. The maximum Gasteiger partial charge on any atom is 0.472 e. The van der Waals surface area contributed by atoms with Gasteiger partial charge in [0.25, 0.3) is 0 Å². The maximum atomic E-state index is 13.1. The molecule has 0 bridgehead atoms. The molecule has 0 radical (unpaired) electrons. The van der Waals surface area contributed by atoms with Crippen LogP contribution >= 0.6 is 15.6 Å². The molecule has 0 aliphatic carbocycles. The van der Waals surface area contributed by atoms with Crippen LogP contribution < -0.4 is 0 Å². The van der Waals surface area contributed by atoms with Crippen LogP contribution in [0.15, 0.2) is 0 Å². The van der Waals surface area contributed by atoms with Crippen LogP contribution in [0.5, 0.6) is 0 Å². The van der Waals surface area contributed by atoms with Gasteiger partial charge in [-0.1, -0.05) is 381 Å². The van der Waals surface area contributed by atoms with Crippen molar-refractivity contribution in [1.29, 1.82) is 0 Å². The van der Waals surface area contributed by atoms with E-state index in [2.05, 4.69) is 27.7 Å². The van der Waals surface area contributed by atoms with Crippen LogP contribution in [-0.4, -0.2) is 96.7 Å². The van der Waals surface area contributed by atoms with Gasteiger partial charge in [-0.25, -0.2) is 9.13 Å². The number of aliphatic hydroxyl groups is 1. The first kappa shape index (κ1) is 97.1. The van der Waals surface area contributed by atoms with Crippen molar-refractivity contribution < 1.29 is 80.2 Å². The van der Waals surface area contributed by atoms with Gasteiger partial charge in [-0.3, -0.25) is 37.3 Å². The topological polar surface area (TPSA) is 237 Å². The van der Waals surface area contributed by atoms with Crippen LogP contribution in [0.3, 0.4) is 0 Å². The summed E-state index contributed by atoms with van der Waals surface area (Å²) in [6, 6.07) is 0. The Hall–Kier alpha value is -1.94. The first-order valence-electron chi connectivity index (χ1n) is 41.8. The molecule has 2 unspecified atom stereocenters. The molecule has 5 atom stereocenters. The monoisotopic (exact) mass is 1450 g/mol. The number of aliphatic hydroxyl groups excluding tert-OH is 1. The Morgan fingerprint density at radius 2 is 0.404 bits per heavy atom. The van der Waals surface area contributed by atoms with E-state index >= 15 is 0 Å². The molecule has 0 spiro atoms. The highest BCUT2D eigenvalue weighted by atomic mass is 31.2. The van der Waals surface area contributed by atoms with E-state index in [4.69, 9.17) is 37.0 Å². The molecule has 0 rings (SSSR count). The van der Waals surface area contributed by atoms with Gasteiger partial charge in [0.05, 0.1) is 26.4 Å². The normalized spacial score (nSPS) is 13.8. The van der Waals surface area contributed by atoms with E-state index in [0.29, 0.717) is 25.7 Å². The molecule has 588 valence electrons. The average molecular weight is 1450 g/mol. The number of phosphoric ester groups is 2. The van der Waals surface area contributed by atoms with Crippen molar-refractivity contribution >= 4 is 39.5 Å². The molecule has 0 aromatic carbocycles. The standard InChI is InChI=1S/C80H156O17P2/c1-5-9-13-17-21-25-28-30-32-34-36-37-38-39-41-43-45-47-51-55-59-63-67-80(85)97-76(71-91-78(83)65-61-57-53-50-46-44-42-40-35-33-31-29-26-22-18-14-10-6-2)73-95-99(88,89)93-69-74(81)68-92-98(86,87)94-72-75(70-90-77(82)64-60-56-52-48-24-20-16-12-8-4)96-79(84)66-62-58-54-49-27-23-19-15-11-7-3/h74-76,81H,5-73H2,1-4H3,(H,86,87)(H,88,89)/t74-,75+,76+/m0/s1. The quantitative estimate of drug-likeness (QED) is 0.0222. The number of unbranched alkanes of at least 4 members (excludes halogenated alkanes) is 55. The van der Waals surface area contributed by atoms with Gasteiger partial charge < -0.3 is 33.8 Å². The van der Waals surface area contributed by atoms with Crippen LogP contribution in [0.2, 0.25) is 0 Å². The number of rotatable bonds is 81. The van der Waals surface area contributed by atoms with Crippen molar-refractivity contribution in [3.05, 3.63) is 0 Å². The molecule has 0 heterocycles. The minimum atomic E-state index is -4.96. The Morgan fingerprint density at radius 1 is 0.242 bits per heavy atom. The van der Waals surface area contributed by atoms with Crippen molar-refractivity contribution in [3.8, 4) is 0 Å². The lowest BCUT2D eigenvalue weighted by molar-refractivity contribution is -0.161. The smallest absolute Gasteiger partial charge is 0.462 e. The zero-order chi connectivity index (χ0) is 72.5. The molecule has 0 fully saturated rings. The summed E-state index contributed by atoms with van der Waals surface area (Å²) < 4.78 is 68.6. The molecule has 0 aromatic heterocycles. The fourth-order valence-corrected chi connectivity index (χ4v) is 14.0. The van der Waals surface area contributed by atoms with Gasteiger partial charge in [0.1, 0.15) is 19.3 Å². The molecule has 0 aliphatic heterocycles. The van der Waals surface area contributed by atoms with Crippen LogP contribution in [0.4, 0.5) is 0 Å². The average Bonchev–Trinajstić information content (AvgIpc) is 1.01. The molecule has 0 saturated carbocycles. The summed E-state index contributed by atoms with van der Waals surface area (Å²) in [6.45, 7) is 4.98. The minimum absolute atomic E-state index is 0.107. The van der Waals surface area contributed by atoms with Gasteiger partial charge in [-0.05, 0) is 25.7 Å². The third kappa shape index (κ3) is 74.1. The molecule has 17 nitrogen and oxygen atoms in total. The van der Waals surface area contributed by atoms with Crippen LogP contribution in [-0.2, 0) is 65.4 Å². The Balaban J connectivity index is 5.16. The van der Waals surface area contributed by atoms with Crippen molar-refractivity contribution in [3.63, 3.8) is 0 Å². The number of carbonyl (C=O) groups is 4. The Bertz CT molecular complexity index is 1880. The first-order valence-corrected chi connectivity index (χ1v) is 44.8. The molecule has 0 saturated heterocycles. The van der Waals surface area contributed by atoms with Crippen molar-refractivity contribution in [2.45, 2.75) is 451 Å². The van der Waals surface area contributed by atoms with E-state index in [1.165, 1.54) is 263 Å². The first-order chi connectivity index (χ1) is 48.2. The third-order valence-corrected chi connectivity index (χ3v) is 20.8. The summed E-state index contributed by atoms with van der Waals surface area (Å²) in [5, 5.41) is 10.6. The van der Waals surface area contributed by atoms with Gasteiger partial charge >= 0.3 is 39.5 Å². The van der Waals surface area contributed by atoms with Crippen molar-refractivity contribution in [2.24, 2.45) is 0 Å². The van der Waals surface area contributed by atoms with E-state index in [0.717, 1.165) is 89.9 Å². The molecule has 0 aromatic rings. The van der Waals surface area contributed by atoms with Gasteiger partial charge in [0.2, 0.25) is 0 Å². The summed E-state index contributed by atoms with van der Waals surface area (Å²) in [6.07, 6.45) is 66.8. The second-order valence-corrected chi connectivity index (χ2v) is 31.7. The molecular weight excluding hydrogens is 1290 g/mol. The predicted molar refractivity (Wildman–Crippen MR) is 405 cm³/mol. The number of esters is 4. The molecule has 99 heavy (non-hydrogen) atoms. The number of carbonyl (C=O) groups excluding carboxylic acids is 4. The highest BCUT2D eigenvalue weighted by Gasteiger charge is 2.30. The lowest BCUT2D eigenvalue weighted by Crippen LogP contribution is -2.30. The van der Waals surface area contributed by atoms with E-state index in [1.807, 2.05) is 0 Å². The summed E-state index contributed by atoms with van der Waals surface area (Å²) in [4.78, 5) is 72.8. The Kier molecular flexibility index (Phi) is 72.9. The second kappa shape index (κ2) is 74.3. The maximum absolute atomic E-state index is 13.1. The van der Waals surface area contributed by atoms with Crippen LogP contribution in [0.25, 0.3) is 0 Å². The molecular formula is C80H156O17P2. The molecule has 0 aliphatic rings. The zero-order valence-electron chi connectivity index (χ0n) is 64.5. The van der Waals surface area contributed by atoms with Gasteiger partial charge in [0.15, 0.2) is 12.2 Å². The van der Waals surface area contributed by atoms with Crippen LogP contribution in [0.1, 0.15) is 432 Å². The van der Waals surface area contributed by atoms with E-state index in [9.17, 15) is 43.2 Å². The number of ether oxygens (including phenoxy) is 4. The SMILES string of the molecule is CCCCCCCCCCCCCCCCCCCCCCCCC(=O)O[C@H](COC(=O)CCCCCCCCCCCCCCCCCCCC)COP(=O)(O)OC[C@@H](O)COP(=O)(O)OC[C@@H](COC(=O)CCCCCCCCCCC)OC(=O)CCCCCCCCCCCC. The molecule has 19 heteroatoms. The fraction of sp³-hybridized carbons (Fsp3) is 0.950. The Morgan fingerprint density at radius 3 is 0.596 bits per heavy atom. The van der Waals surface area contributed by atoms with E-state index in [-0.39, 0.29) is 25.7 Å². The molecule has 0 amide bonds. The highest BCUT2D eigenvalue weighted by molar-refractivity contribution is 7.47. The van der Waals surface area contributed by atoms with Gasteiger partial charge in [0, 0.05) is 25.7 Å². The predicted octanol–water partition coefficient (Wildman–Crippen LogP) is 24.2. The third-order valence-electron chi connectivity index (χ3n) is 18.9.